The molecular weight excluding hydrogens is 280 g/mol. The molecule has 1 aliphatic carbocycles. The van der Waals surface area contributed by atoms with E-state index in [2.05, 4.69) is 20.3 Å². The van der Waals surface area contributed by atoms with E-state index in [0.717, 1.165) is 17.7 Å². The average molecular weight is 298 g/mol. The molecule has 7 nitrogen and oxygen atoms in total. The normalized spacial score (nSPS) is 24.2. The van der Waals surface area contributed by atoms with Crippen LogP contribution in [-0.4, -0.2) is 32.7 Å². The molecule has 1 aromatic heterocycles. The third kappa shape index (κ3) is 2.81. The molecule has 1 aliphatic rings. The highest BCUT2D eigenvalue weighted by Gasteiger charge is 2.35. The molecule has 0 radical (unpaired) electrons. The molecule has 114 valence electrons. The minimum Gasteiger partial charge on any atom is -0.396 e. The smallest absolute Gasteiger partial charge is 0.113 e. The maximum Gasteiger partial charge on any atom is 0.113 e. The first-order valence-corrected chi connectivity index (χ1v) is 7.35. The molecule has 1 fully saturated rings. The molecule has 3 rings (SSSR count). The van der Waals surface area contributed by atoms with Gasteiger partial charge in [0.15, 0.2) is 0 Å². The highest BCUT2D eigenvalue weighted by atomic mass is 16.3. The zero-order valence-corrected chi connectivity index (χ0v) is 12.4. The molecule has 7 heteroatoms. The lowest BCUT2D eigenvalue weighted by Gasteiger charge is -2.14. The highest BCUT2D eigenvalue weighted by molar-refractivity contribution is 5.57. The van der Waals surface area contributed by atoms with Crippen LogP contribution in [0.4, 0.5) is 0 Å². The number of hydrogen-bond acceptors (Lipinski definition) is 4. The third-order valence-electron chi connectivity index (χ3n) is 4.25. The Kier molecular flexibility index (Phi) is 4.09. The lowest BCUT2D eigenvalue weighted by atomic mass is 10.1. The first-order valence-electron chi connectivity index (χ1n) is 7.35. The summed E-state index contributed by atoms with van der Waals surface area (Å²) in [5, 5.41) is 21.6. The van der Waals surface area contributed by atoms with Gasteiger partial charge in [-0.25, -0.2) is 4.68 Å². The van der Waals surface area contributed by atoms with Crippen molar-refractivity contribution in [3.63, 3.8) is 0 Å². The molecule has 2 aromatic rings. The fraction of sp³-hybridized carbons (Fsp3) is 0.467. The van der Waals surface area contributed by atoms with Gasteiger partial charge in [-0.1, -0.05) is 40.2 Å². The molecule has 0 bridgehead atoms. The van der Waals surface area contributed by atoms with Gasteiger partial charge in [0.2, 0.25) is 0 Å². The van der Waals surface area contributed by atoms with E-state index < -0.39 is 0 Å². The van der Waals surface area contributed by atoms with Crippen molar-refractivity contribution >= 4 is 0 Å². The Labute approximate surface area is 128 Å². The van der Waals surface area contributed by atoms with E-state index >= 15 is 0 Å². The Morgan fingerprint density at radius 2 is 2.14 bits per heavy atom. The number of aromatic nitrogens is 3. The Morgan fingerprint density at radius 3 is 2.82 bits per heavy atom. The molecule has 22 heavy (non-hydrogen) atoms. The lowest BCUT2D eigenvalue weighted by Crippen LogP contribution is -2.17. The van der Waals surface area contributed by atoms with Crippen molar-refractivity contribution in [2.24, 2.45) is 11.0 Å². The fourth-order valence-corrected chi connectivity index (χ4v) is 3.01. The SMILES string of the molecule is Cc1ccc(-c2cn([C@@H]3C[C@H](CO)C[C@@H]3N=[N+]=[N-])nn2)cc1. The van der Waals surface area contributed by atoms with Crippen molar-refractivity contribution in [3.8, 4) is 11.3 Å². The van der Waals surface area contributed by atoms with E-state index in [9.17, 15) is 5.11 Å². The first-order chi connectivity index (χ1) is 10.7. The summed E-state index contributed by atoms with van der Waals surface area (Å²) in [6.07, 6.45) is 3.32. The molecule has 1 saturated carbocycles. The molecule has 0 spiro atoms. The van der Waals surface area contributed by atoms with Gasteiger partial charge in [-0.15, -0.1) is 5.10 Å². The summed E-state index contributed by atoms with van der Waals surface area (Å²) in [5.41, 5.74) is 11.7. The second-order valence-electron chi connectivity index (χ2n) is 5.81. The summed E-state index contributed by atoms with van der Waals surface area (Å²) in [5.74, 6) is 0.146. The second-order valence-corrected chi connectivity index (χ2v) is 5.81. The Morgan fingerprint density at radius 1 is 1.36 bits per heavy atom. The van der Waals surface area contributed by atoms with Crippen molar-refractivity contribution in [3.05, 3.63) is 46.5 Å². The van der Waals surface area contributed by atoms with Crippen LogP contribution in [0.1, 0.15) is 24.4 Å². The minimum atomic E-state index is -0.185. The molecule has 3 atom stereocenters. The van der Waals surface area contributed by atoms with Crippen LogP contribution in [0.15, 0.2) is 35.6 Å². The van der Waals surface area contributed by atoms with Crippen LogP contribution in [-0.2, 0) is 0 Å². The summed E-state index contributed by atoms with van der Waals surface area (Å²) in [4.78, 5) is 2.92. The number of aliphatic hydroxyl groups is 1. The number of benzene rings is 1. The van der Waals surface area contributed by atoms with E-state index in [1.807, 2.05) is 37.4 Å². The molecule has 0 amide bonds. The Bertz CT molecular complexity index is 688. The van der Waals surface area contributed by atoms with Gasteiger partial charge in [0, 0.05) is 17.1 Å². The number of azide groups is 1. The van der Waals surface area contributed by atoms with Gasteiger partial charge in [0.25, 0.3) is 0 Å². The molecule has 0 unspecified atom stereocenters. The Balaban J connectivity index is 1.86. The Hall–Kier alpha value is -2.37. The topological polar surface area (TPSA) is 99.7 Å². The second kappa shape index (κ2) is 6.17. The number of aryl methyl sites for hydroxylation is 1. The molecule has 1 N–H and O–H groups in total. The summed E-state index contributed by atoms with van der Waals surface area (Å²) in [6.45, 7) is 2.14. The third-order valence-corrected chi connectivity index (χ3v) is 4.25. The van der Waals surface area contributed by atoms with E-state index in [-0.39, 0.29) is 24.6 Å². The van der Waals surface area contributed by atoms with Gasteiger partial charge in [0.05, 0.1) is 18.3 Å². The standard InChI is InChI=1S/C15H18N6O/c1-10-2-4-12(5-3-10)14-8-21(20-18-14)15-7-11(9-22)6-13(15)17-19-16/h2-5,8,11,13,15,22H,6-7,9H2,1H3/t11-,13+,15-/m1/s1. The number of aliphatic hydroxyl groups excluding tert-OH is 1. The van der Waals surface area contributed by atoms with Crippen LogP contribution in [0, 0.1) is 12.8 Å². The van der Waals surface area contributed by atoms with Crippen molar-refractivity contribution < 1.29 is 5.11 Å². The lowest BCUT2D eigenvalue weighted by molar-refractivity contribution is 0.225. The van der Waals surface area contributed by atoms with Crippen molar-refractivity contribution in [1.82, 2.24) is 15.0 Å². The maximum atomic E-state index is 9.35. The summed E-state index contributed by atoms with van der Waals surface area (Å²) in [7, 11) is 0. The minimum absolute atomic E-state index is 0.0419. The van der Waals surface area contributed by atoms with Crippen LogP contribution >= 0.6 is 0 Å². The average Bonchev–Trinajstić information content (AvgIpc) is 3.15. The maximum absolute atomic E-state index is 9.35. The quantitative estimate of drug-likeness (QED) is 0.533. The summed E-state index contributed by atoms with van der Waals surface area (Å²) < 4.78 is 1.77. The predicted molar refractivity (Wildman–Crippen MR) is 82.0 cm³/mol. The molecule has 0 saturated heterocycles. The molecule has 0 aliphatic heterocycles. The van der Waals surface area contributed by atoms with Crippen molar-refractivity contribution in [2.75, 3.05) is 6.61 Å². The van der Waals surface area contributed by atoms with Gasteiger partial charge in [-0.05, 0) is 31.2 Å². The van der Waals surface area contributed by atoms with Crippen LogP contribution in [0.5, 0.6) is 0 Å². The summed E-state index contributed by atoms with van der Waals surface area (Å²) >= 11 is 0. The number of rotatable bonds is 4. The van der Waals surface area contributed by atoms with E-state index in [1.54, 1.807) is 4.68 Å². The van der Waals surface area contributed by atoms with Crippen LogP contribution in [0.3, 0.4) is 0 Å². The van der Waals surface area contributed by atoms with E-state index in [1.165, 1.54) is 5.56 Å². The largest absolute Gasteiger partial charge is 0.396 e. The van der Waals surface area contributed by atoms with Gasteiger partial charge in [-0.2, -0.15) is 0 Å². The van der Waals surface area contributed by atoms with Gasteiger partial charge in [-0.3, -0.25) is 0 Å². The number of hydrogen-bond donors (Lipinski definition) is 1. The zero-order valence-electron chi connectivity index (χ0n) is 12.4. The van der Waals surface area contributed by atoms with E-state index in [4.69, 9.17) is 5.53 Å². The van der Waals surface area contributed by atoms with Gasteiger partial charge >= 0.3 is 0 Å². The fourth-order valence-electron chi connectivity index (χ4n) is 3.01. The van der Waals surface area contributed by atoms with Crippen LogP contribution in [0.25, 0.3) is 21.7 Å². The van der Waals surface area contributed by atoms with Crippen molar-refractivity contribution in [2.45, 2.75) is 31.8 Å². The van der Waals surface area contributed by atoms with Gasteiger partial charge < -0.3 is 5.11 Å². The predicted octanol–water partition coefficient (Wildman–Crippen LogP) is 2.88. The monoisotopic (exact) mass is 298 g/mol. The van der Waals surface area contributed by atoms with Crippen molar-refractivity contribution in [1.29, 1.82) is 0 Å². The van der Waals surface area contributed by atoms with Gasteiger partial charge in [0.1, 0.15) is 5.69 Å². The summed E-state index contributed by atoms with van der Waals surface area (Å²) in [6, 6.07) is 7.87. The molecule has 1 aromatic carbocycles. The number of nitrogens with zero attached hydrogens (tertiary/aromatic N) is 6. The molecular formula is C15H18N6O. The van der Waals surface area contributed by atoms with Crippen LogP contribution in [0.2, 0.25) is 0 Å². The highest BCUT2D eigenvalue weighted by Crippen LogP contribution is 2.37. The molecule has 1 heterocycles. The van der Waals surface area contributed by atoms with E-state index in [0.29, 0.717) is 6.42 Å². The first kappa shape index (κ1) is 14.6. The zero-order chi connectivity index (χ0) is 15.5. The van der Waals surface area contributed by atoms with Crippen LogP contribution < -0.4 is 0 Å².